The van der Waals surface area contributed by atoms with Crippen LogP contribution in [0.25, 0.3) is 0 Å². The minimum Gasteiger partial charge on any atom is -0.457 e. The van der Waals surface area contributed by atoms with Gasteiger partial charge in [-0.15, -0.1) is 0 Å². The molecule has 1 atom stereocenters. The fourth-order valence-electron chi connectivity index (χ4n) is 1.05. The van der Waals surface area contributed by atoms with Gasteiger partial charge in [-0.25, -0.2) is 0 Å². The van der Waals surface area contributed by atoms with Gasteiger partial charge in [0.05, 0.1) is 5.25 Å². The van der Waals surface area contributed by atoms with Crippen LogP contribution >= 0.6 is 0 Å². The summed E-state index contributed by atoms with van der Waals surface area (Å²) in [7, 11) is -4.00. The predicted octanol–water partition coefficient (Wildman–Crippen LogP) is 1.28. The quantitative estimate of drug-likeness (QED) is 0.728. The maximum Gasteiger partial charge on any atom is 0.267 e. The van der Waals surface area contributed by atoms with E-state index in [-0.39, 0.29) is 6.42 Å². The molecule has 14 heavy (non-hydrogen) atoms. The Labute approximate surface area is 83.5 Å². The van der Waals surface area contributed by atoms with Crippen LogP contribution in [0.3, 0.4) is 0 Å². The van der Waals surface area contributed by atoms with Gasteiger partial charge in [-0.1, -0.05) is 0 Å². The van der Waals surface area contributed by atoms with Crippen LogP contribution in [0, 0.1) is 0 Å². The first-order chi connectivity index (χ1) is 6.21. The van der Waals surface area contributed by atoms with E-state index in [2.05, 4.69) is 0 Å². The van der Waals surface area contributed by atoms with Crippen molar-refractivity contribution in [2.24, 2.45) is 0 Å². The molecule has 82 valence electrons. The van der Waals surface area contributed by atoms with Crippen LogP contribution in [0.2, 0.25) is 0 Å². The Morgan fingerprint density at radius 1 is 1.57 bits per heavy atom. The highest BCUT2D eigenvalue weighted by Gasteiger charge is 2.30. The number of hydrogen-bond donors (Lipinski definition) is 1. The van der Waals surface area contributed by atoms with Gasteiger partial charge in [-0.3, -0.25) is 4.55 Å². The van der Waals surface area contributed by atoms with Crippen molar-refractivity contribution in [3.63, 3.8) is 0 Å². The SMILES string of the molecule is C[C@@H](CC1=COC(C)(C)O1)S(=O)(=O)O. The van der Waals surface area contributed by atoms with E-state index >= 15 is 0 Å². The van der Waals surface area contributed by atoms with E-state index in [4.69, 9.17) is 14.0 Å². The molecule has 1 rings (SSSR count). The standard InChI is InChI=1S/C8H14O5S/c1-6(14(9,10)11)4-7-5-12-8(2,3)13-7/h5-6H,4H2,1-3H3,(H,9,10,11)/t6-/m0/s1. The molecule has 0 saturated carbocycles. The third-order valence-corrected chi connectivity index (χ3v) is 3.03. The number of allylic oxidation sites excluding steroid dienone is 1. The van der Waals surface area contributed by atoms with Crippen molar-refractivity contribution < 1.29 is 22.4 Å². The molecule has 0 aromatic rings. The molecule has 0 radical (unpaired) electrons. The molecular formula is C8H14O5S. The molecule has 1 aliphatic rings. The number of rotatable bonds is 3. The lowest BCUT2D eigenvalue weighted by Crippen LogP contribution is -2.22. The maximum atomic E-state index is 10.7. The summed E-state index contributed by atoms with van der Waals surface area (Å²) in [5, 5.41) is -0.883. The van der Waals surface area contributed by atoms with Gasteiger partial charge in [0.15, 0.2) is 0 Å². The summed E-state index contributed by atoms with van der Waals surface area (Å²) in [5.74, 6) is -0.311. The molecule has 1 aliphatic heterocycles. The van der Waals surface area contributed by atoms with Crippen LogP contribution < -0.4 is 0 Å². The second kappa shape index (κ2) is 3.43. The summed E-state index contributed by atoms with van der Waals surface area (Å²) < 4.78 is 40.5. The molecule has 1 N–H and O–H groups in total. The van der Waals surface area contributed by atoms with Crippen LogP contribution in [0.5, 0.6) is 0 Å². The van der Waals surface area contributed by atoms with Crippen molar-refractivity contribution in [3.05, 3.63) is 12.0 Å². The van der Waals surface area contributed by atoms with Crippen LogP contribution in [-0.4, -0.2) is 24.0 Å². The Balaban J connectivity index is 2.57. The van der Waals surface area contributed by atoms with Gasteiger partial charge in [0, 0.05) is 20.3 Å². The molecule has 1 heterocycles. The van der Waals surface area contributed by atoms with E-state index in [0.29, 0.717) is 5.76 Å². The Hall–Kier alpha value is -0.750. The summed E-state index contributed by atoms with van der Waals surface area (Å²) >= 11 is 0. The van der Waals surface area contributed by atoms with E-state index in [9.17, 15) is 8.42 Å². The lowest BCUT2D eigenvalue weighted by molar-refractivity contribution is -0.117. The van der Waals surface area contributed by atoms with Crippen molar-refractivity contribution >= 4 is 10.1 Å². The Bertz CT molecular complexity index is 341. The first-order valence-corrected chi connectivity index (χ1v) is 5.73. The van der Waals surface area contributed by atoms with Crippen molar-refractivity contribution in [2.45, 2.75) is 38.2 Å². The molecule has 0 spiro atoms. The zero-order valence-electron chi connectivity index (χ0n) is 8.35. The van der Waals surface area contributed by atoms with E-state index in [1.807, 2.05) is 0 Å². The normalized spacial score (nSPS) is 22.1. The van der Waals surface area contributed by atoms with Gasteiger partial charge in [0.25, 0.3) is 10.1 Å². The summed E-state index contributed by atoms with van der Waals surface area (Å²) in [6.45, 7) is 4.84. The lowest BCUT2D eigenvalue weighted by atomic mass is 10.3. The minimum atomic E-state index is -4.00. The Morgan fingerprint density at radius 2 is 2.14 bits per heavy atom. The third-order valence-electron chi connectivity index (χ3n) is 1.85. The van der Waals surface area contributed by atoms with Gasteiger partial charge < -0.3 is 9.47 Å². The summed E-state index contributed by atoms with van der Waals surface area (Å²) in [6.07, 6.45) is 1.49. The monoisotopic (exact) mass is 222 g/mol. The third kappa shape index (κ3) is 2.88. The van der Waals surface area contributed by atoms with Crippen LogP contribution in [-0.2, 0) is 19.6 Å². The molecule has 0 fully saturated rings. The molecular weight excluding hydrogens is 208 g/mol. The largest absolute Gasteiger partial charge is 0.457 e. The second-order valence-corrected chi connectivity index (χ2v) is 5.57. The molecule has 6 heteroatoms. The van der Waals surface area contributed by atoms with Gasteiger partial charge in [0.2, 0.25) is 5.79 Å². The second-order valence-electron chi connectivity index (χ2n) is 3.73. The van der Waals surface area contributed by atoms with E-state index < -0.39 is 21.2 Å². The van der Waals surface area contributed by atoms with Crippen molar-refractivity contribution in [2.75, 3.05) is 0 Å². The Morgan fingerprint density at radius 3 is 2.50 bits per heavy atom. The van der Waals surface area contributed by atoms with Crippen molar-refractivity contribution in [1.29, 1.82) is 0 Å². The van der Waals surface area contributed by atoms with Crippen molar-refractivity contribution in [3.8, 4) is 0 Å². The molecule has 0 unspecified atom stereocenters. The molecule has 5 nitrogen and oxygen atoms in total. The topological polar surface area (TPSA) is 72.8 Å². The number of ether oxygens (including phenoxy) is 2. The predicted molar refractivity (Wildman–Crippen MR) is 50.0 cm³/mol. The molecule has 0 aromatic heterocycles. The molecule has 0 aromatic carbocycles. The smallest absolute Gasteiger partial charge is 0.267 e. The minimum absolute atomic E-state index is 0.113. The van der Waals surface area contributed by atoms with E-state index in [1.54, 1.807) is 13.8 Å². The van der Waals surface area contributed by atoms with Crippen molar-refractivity contribution in [1.82, 2.24) is 0 Å². The highest BCUT2D eigenvalue weighted by molar-refractivity contribution is 7.86. The summed E-state index contributed by atoms with van der Waals surface area (Å²) in [6, 6.07) is 0. The highest BCUT2D eigenvalue weighted by atomic mass is 32.2. The van der Waals surface area contributed by atoms with E-state index in [1.165, 1.54) is 13.2 Å². The van der Waals surface area contributed by atoms with Gasteiger partial charge in [0.1, 0.15) is 12.0 Å². The molecule has 0 aliphatic carbocycles. The van der Waals surface area contributed by atoms with Gasteiger partial charge >= 0.3 is 0 Å². The zero-order chi connectivity index (χ0) is 11.0. The lowest BCUT2D eigenvalue weighted by Gasteiger charge is -2.18. The first kappa shape index (κ1) is 11.3. The van der Waals surface area contributed by atoms with Crippen LogP contribution in [0.4, 0.5) is 0 Å². The average Bonchev–Trinajstić information content (AvgIpc) is 2.28. The maximum absolute atomic E-state index is 10.7. The van der Waals surface area contributed by atoms with Gasteiger partial charge in [-0.2, -0.15) is 8.42 Å². The first-order valence-electron chi connectivity index (χ1n) is 4.23. The van der Waals surface area contributed by atoms with Crippen LogP contribution in [0.1, 0.15) is 27.2 Å². The van der Waals surface area contributed by atoms with E-state index in [0.717, 1.165) is 0 Å². The molecule has 0 amide bonds. The highest BCUT2D eigenvalue weighted by Crippen LogP contribution is 2.27. The Kier molecular flexibility index (Phi) is 2.78. The van der Waals surface area contributed by atoms with Crippen LogP contribution in [0.15, 0.2) is 12.0 Å². The zero-order valence-corrected chi connectivity index (χ0v) is 9.17. The average molecular weight is 222 g/mol. The fraction of sp³-hybridized carbons (Fsp3) is 0.750. The summed E-state index contributed by atoms with van der Waals surface area (Å²) in [5.41, 5.74) is 0. The summed E-state index contributed by atoms with van der Waals surface area (Å²) in [4.78, 5) is 0. The fourth-order valence-corrected chi connectivity index (χ4v) is 1.42. The number of hydrogen-bond acceptors (Lipinski definition) is 4. The molecule has 0 saturated heterocycles. The van der Waals surface area contributed by atoms with Gasteiger partial charge in [-0.05, 0) is 6.92 Å². The molecule has 0 bridgehead atoms.